The summed E-state index contributed by atoms with van der Waals surface area (Å²) in [5.41, 5.74) is 6.84. The Morgan fingerprint density at radius 3 is 2.63 bits per heavy atom. The first-order valence-corrected chi connectivity index (χ1v) is 20.0. The van der Waals surface area contributed by atoms with Crippen LogP contribution in [0, 0.1) is 20.8 Å². The number of benzene rings is 3. The molecule has 5 aromatic rings. The van der Waals surface area contributed by atoms with Crippen LogP contribution in [0.2, 0.25) is 5.02 Å². The Bertz CT molecular complexity index is 2460. The van der Waals surface area contributed by atoms with Gasteiger partial charge in [-0.1, -0.05) is 41.9 Å². The van der Waals surface area contributed by atoms with Crippen molar-refractivity contribution in [2.75, 3.05) is 18.5 Å². The quantitative estimate of drug-likeness (QED) is 0.103. The molecule has 2 aromatic heterocycles. The van der Waals surface area contributed by atoms with Gasteiger partial charge in [0.25, 0.3) is 5.91 Å². The molecule has 0 spiro atoms. The number of piperidine rings is 1. The van der Waals surface area contributed by atoms with Crippen LogP contribution in [0.25, 0.3) is 5.00 Å². The van der Waals surface area contributed by atoms with Crippen LogP contribution in [0.15, 0.2) is 71.7 Å². The van der Waals surface area contributed by atoms with Crippen LogP contribution in [0.3, 0.4) is 0 Å². The third-order valence-corrected chi connectivity index (χ3v) is 12.2. The monoisotopic (exact) mass is 804 g/mol. The number of hydrogen-bond acceptors (Lipinski definition) is 10. The number of fused-ring (bicyclic) bond motifs is 4. The molecule has 8 rings (SSSR count). The number of anilines is 1. The Hall–Kier alpha value is -5.86. The van der Waals surface area contributed by atoms with E-state index in [1.54, 1.807) is 23.5 Å². The van der Waals surface area contributed by atoms with Gasteiger partial charge in [0.05, 0.1) is 18.2 Å². The smallest absolute Gasteiger partial charge is 0.255 e. The molecule has 5 heterocycles. The van der Waals surface area contributed by atoms with Crippen molar-refractivity contribution in [3.63, 3.8) is 0 Å². The summed E-state index contributed by atoms with van der Waals surface area (Å²) >= 11 is 7.92. The van der Waals surface area contributed by atoms with E-state index in [1.165, 1.54) is 9.78 Å². The minimum Gasteiger partial charge on any atom is -0.492 e. The lowest BCUT2D eigenvalue weighted by Gasteiger charge is -2.29. The number of nitrogens with one attached hydrogen (secondary N) is 3. The molecule has 292 valence electrons. The van der Waals surface area contributed by atoms with Gasteiger partial charge in [-0.15, -0.1) is 21.5 Å². The largest absolute Gasteiger partial charge is 0.492 e. The number of hydrogen-bond donors (Lipinski definition) is 3. The van der Waals surface area contributed by atoms with Gasteiger partial charge >= 0.3 is 0 Å². The van der Waals surface area contributed by atoms with Crippen molar-refractivity contribution in [1.82, 2.24) is 30.3 Å². The summed E-state index contributed by atoms with van der Waals surface area (Å²) in [4.78, 5) is 59.0. The number of imide groups is 1. The van der Waals surface area contributed by atoms with Crippen LogP contribution < -0.4 is 20.7 Å². The zero-order valence-electron chi connectivity index (χ0n) is 31.9. The molecule has 3 atom stereocenters. The van der Waals surface area contributed by atoms with Crippen molar-refractivity contribution in [1.29, 1.82) is 0 Å². The lowest BCUT2D eigenvalue weighted by molar-refractivity contribution is -0.137. The van der Waals surface area contributed by atoms with E-state index in [-0.39, 0.29) is 43.1 Å². The summed E-state index contributed by atoms with van der Waals surface area (Å²) in [7, 11) is 0. The minimum absolute atomic E-state index is 0.0640. The lowest BCUT2D eigenvalue weighted by Crippen LogP contribution is -2.52. The SMILES string of the molecule is Cc1sc2c(c1C)C(c1ccc(Cl)cc1)=N[C@@H](CC(=O)N[C@H](C)c1cccc(OCCNc3cccc4c3CN(C3CCC(=O)NC3=O)C4=O)c1)c1nnc(C)n1-2. The number of aromatic nitrogens is 3. The van der Waals surface area contributed by atoms with E-state index in [4.69, 9.17) is 21.3 Å². The second-order valence-electron chi connectivity index (χ2n) is 14.5. The van der Waals surface area contributed by atoms with Crippen molar-refractivity contribution < 1.29 is 23.9 Å². The average molecular weight is 805 g/mol. The number of rotatable bonds is 11. The normalized spacial score (nSPS) is 17.9. The number of nitrogens with zero attached hydrogens (tertiary/aromatic N) is 5. The van der Waals surface area contributed by atoms with Crippen LogP contribution in [-0.2, 0) is 20.9 Å². The predicted octanol–water partition coefficient (Wildman–Crippen LogP) is 6.32. The Balaban J connectivity index is 0.913. The molecule has 1 unspecified atom stereocenters. The Labute approximate surface area is 338 Å². The molecule has 0 saturated carbocycles. The molecule has 1 fully saturated rings. The van der Waals surface area contributed by atoms with Gasteiger partial charge < -0.3 is 20.3 Å². The molecule has 0 aliphatic carbocycles. The maximum absolute atomic E-state index is 13.8. The topological polar surface area (TPSA) is 160 Å². The lowest BCUT2D eigenvalue weighted by atomic mass is 9.99. The van der Waals surface area contributed by atoms with Crippen LogP contribution >= 0.6 is 22.9 Å². The van der Waals surface area contributed by atoms with E-state index in [0.717, 1.165) is 50.0 Å². The second kappa shape index (κ2) is 15.6. The third-order valence-electron chi connectivity index (χ3n) is 10.7. The number of thiophene rings is 1. The Kier molecular flexibility index (Phi) is 10.4. The van der Waals surface area contributed by atoms with E-state index in [1.807, 2.05) is 73.0 Å². The van der Waals surface area contributed by atoms with E-state index in [2.05, 4.69) is 40.0 Å². The number of amides is 4. The second-order valence-corrected chi connectivity index (χ2v) is 16.1. The first-order chi connectivity index (χ1) is 27.5. The average Bonchev–Trinajstić information content (AvgIpc) is 3.81. The fourth-order valence-electron chi connectivity index (χ4n) is 7.67. The highest BCUT2D eigenvalue weighted by Crippen LogP contribution is 2.40. The Morgan fingerprint density at radius 2 is 1.84 bits per heavy atom. The molecule has 3 aliphatic heterocycles. The number of carbonyl (C=O) groups excluding carboxylic acids is 4. The molecule has 0 bridgehead atoms. The first kappa shape index (κ1) is 38.0. The van der Waals surface area contributed by atoms with Crippen LogP contribution in [0.1, 0.15) is 93.0 Å². The standard InChI is InChI=1S/C42H41ClN8O5S/c1-22-24(3)57-42-37(22)38(26-11-13-28(43)14-12-26)46-33(39-49-48-25(4)51(39)42)20-36(53)45-23(2)27-7-5-8-29(19-27)56-18-17-44-32-10-6-9-30-31(32)21-50(41(30)55)34-15-16-35(52)47-40(34)54/h5-14,19,23,33-34,44H,15-18,20-21H2,1-4H3,(H,45,53)(H,47,52,54)/t23-,33+,34?/m1/s1. The molecule has 3 aromatic carbocycles. The van der Waals surface area contributed by atoms with Gasteiger partial charge in [-0.3, -0.25) is 34.1 Å². The van der Waals surface area contributed by atoms with E-state index in [9.17, 15) is 19.2 Å². The minimum atomic E-state index is -0.675. The molecular formula is C42H41ClN8O5S. The van der Waals surface area contributed by atoms with Crippen LogP contribution in [-0.4, -0.2) is 68.2 Å². The summed E-state index contributed by atoms with van der Waals surface area (Å²) in [6.07, 6.45) is 0.575. The maximum atomic E-state index is 13.8. The van der Waals surface area contributed by atoms with Crippen LogP contribution in [0.4, 0.5) is 5.69 Å². The van der Waals surface area contributed by atoms with Gasteiger partial charge in [-0.2, -0.15) is 0 Å². The molecule has 57 heavy (non-hydrogen) atoms. The van der Waals surface area contributed by atoms with Crippen molar-refractivity contribution in [3.8, 4) is 10.8 Å². The van der Waals surface area contributed by atoms with Crippen molar-refractivity contribution in [2.45, 2.75) is 71.6 Å². The highest BCUT2D eigenvalue weighted by Gasteiger charge is 2.40. The summed E-state index contributed by atoms with van der Waals surface area (Å²) in [6, 6.07) is 19.1. The summed E-state index contributed by atoms with van der Waals surface area (Å²) in [5.74, 6) is 0.832. The number of ether oxygens (including phenoxy) is 1. The molecule has 4 amide bonds. The highest BCUT2D eigenvalue weighted by atomic mass is 35.5. The fourth-order valence-corrected chi connectivity index (χ4v) is 9.01. The van der Waals surface area contributed by atoms with E-state index in [0.29, 0.717) is 41.7 Å². The summed E-state index contributed by atoms with van der Waals surface area (Å²) in [5, 5.41) is 19.4. The molecule has 15 heteroatoms. The zero-order chi connectivity index (χ0) is 40.0. The van der Waals surface area contributed by atoms with Gasteiger partial charge in [0.15, 0.2) is 5.82 Å². The molecule has 13 nitrogen and oxygen atoms in total. The maximum Gasteiger partial charge on any atom is 0.255 e. The van der Waals surface area contributed by atoms with Crippen molar-refractivity contribution in [3.05, 3.63) is 122 Å². The number of carbonyl (C=O) groups is 4. The number of halogens is 1. The Morgan fingerprint density at radius 1 is 1.05 bits per heavy atom. The fraction of sp³-hybridized carbons (Fsp3) is 0.310. The molecule has 3 N–H and O–H groups in total. The van der Waals surface area contributed by atoms with Crippen molar-refractivity contribution in [2.24, 2.45) is 4.99 Å². The highest BCUT2D eigenvalue weighted by molar-refractivity contribution is 7.15. The van der Waals surface area contributed by atoms with Crippen molar-refractivity contribution >= 4 is 58.0 Å². The van der Waals surface area contributed by atoms with Gasteiger partial charge in [-0.25, -0.2) is 0 Å². The van der Waals surface area contributed by atoms with E-state index >= 15 is 0 Å². The number of aliphatic imine (C=N–C) groups is 1. The van der Waals surface area contributed by atoms with Gasteiger partial charge in [0.1, 0.15) is 35.3 Å². The predicted molar refractivity (Wildman–Crippen MR) is 217 cm³/mol. The first-order valence-electron chi connectivity index (χ1n) is 18.9. The summed E-state index contributed by atoms with van der Waals surface area (Å²) in [6.45, 7) is 9.10. The number of aryl methyl sites for hydroxylation is 2. The van der Waals surface area contributed by atoms with Gasteiger partial charge in [-0.05, 0) is 81.6 Å². The molecule has 1 saturated heterocycles. The molecule has 0 radical (unpaired) electrons. The third kappa shape index (κ3) is 7.42. The molecule has 3 aliphatic rings. The summed E-state index contributed by atoms with van der Waals surface area (Å²) < 4.78 is 8.14. The zero-order valence-corrected chi connectivity index (χ0v) is 33.5. The van der Waals surface area contributed by atoms with Gasteiger partial charge in [0, 0.05) is 57.4 Å². The molecular weight excluding hydrogens is 764 g/mol. The van der Waals surface area contributed by atoms with E-state index < -0.39 is 18.0 Å². The van der Waals surface area contributed by atoms with Gasteiger partial charge in [0.2, 0.25) is 17.7 Å². The van der Waals surface area contributed by atoms with Crippen LogP contribution in [0.5, 0.6) is 5.75 Å².